The first kappa shape index (κ1) is 28.8. The molecule has 3 rings (SSSR count). The molecule has 0 radical (unpaired) electrons. The molecule has 0 bridgehead atoms. The third kappa shape index (κ3) is 7.19. The first-order valence-corrected chi connectivity index (χ1v) is 14.7. The van der Waals surface area contributed by atoms with Crippen LogP contribution in [0.15, 0.2) is 73.4 Å². The van der Waals surface area contributed by atoms with E-state index in [1.807, 2.05) is 0 Å². The van der Waals surface area contributed by atoms with E-state index in [1.165, 1.54) is 24.3 Å². The maximum atomic E-state index is 12.3. The molecular weight excluding hydrogens is 580 g/mol. The predicted molar refractivity (Wildman–Crippen MR) is 126 cm³/mol. The highest BCUT2D eigenvalue weighted by atomic mass is 32.2. The monoisotopic (exact) mass is 596 g/mol. The van der Waals surface area contributed by atoms with Crippen LogP contribution in [0.3, 0.4) is 0 Å². The third-order valence-electron chi connectivity index (χ3n) is 4.59. The van der Waals surface area contributed by atoms with E-state index in [1.54, 1.807) is 0 Å². The fourth-order valence-electron chi connectivity index (χ4n) is 2.98. The normalized spacial score (nSPS) is 12.9. The van der Waals surface area contributed by atoms with E-state index in [2.05, 4.69) is 19.6 Å². The van der Waals surface area contributed by atoms with Crippen LogP contribution in [0.4, 0.5) is 11.4 Å². The Bertz CT molecular complexity index is 1650. The summed E-state index contributed by atoms with van der Waals surface area (Å²) in [5.41, 5.74) is -0.369. The Labute approximate surface area is 214 Å². The number of benzene rings is 3. The van der Waals surface area contributed by atoms with Crippen molar-refractivity contribution in [3.05, 3.63) is 48.5 Å². The van der Waals surface area contributed by atoms with Gasteiger partial charge >= 0.3 is 0 Å². The number of azo groups is 1. The summed E-state index contributed by atoms with van der Waals surface area (Å²) in [6, 6.07) is 8.53. The van der Waals surface area contributed by atoms with Gasteiger partial charge in [0, 0.05) is 5.39 Å². The zero-order valence-electron chi connectivity index (χ0n) is 18.0. The number of hydrogen-bond acceptors (Lipinski definition) is 14. The van der Waals surface area contributed by atoms with Crippen molar-refractivity contribution in [1.82, 2.24) is 0 Å². The average molecular weight is 597 g/mol. The third-order valence-corrected chi connectivity index (χ3v) is 8.37. The topological polar surface area (TPSA) is 236 Å². The van der Waals surface area contributed by atoms with Crippen molar-refractivity contribution in [1.29, 1.82) is 0 Å². The molecule has 0 saturated heterocycles. The Kier molecular flexibility index (Phi) is 8.85. The lowest BCUT2D eigenvalue weighted by molar-refractivity contribution is -0.434. The average Bonchev–Trinajstić information content (AvgIpc) is 2.81. The van der Waals surface area contributed by atoms with Gasteiger partial charge in [-0.25, -0.2) is 13.7 Å². The number of fused-ring (bicyclic) bond motifs is 1. The number of aromatic hydroxyl groups is 1. The summed E-state index contributed by atoms with van der Waals surface area (Å²) in [6.07, 6.45) is 0. The standard InChI is InChI=1S/C18H16N2O13S4/c21-15-6-1-11-9-14(36(25,26)27)10-16(37(28,29)30)17(11)18(15)20-19-12-2-4-13(5-3-12)35(23,24)8-7-31-34-33-32-22/h1-6,9-10,21-22H,7-8H2,(H,25,26,27)(H,28,29,30). The number of hydrogen-bond donors (Lipinski definition) is 4. The quantitative estimate of drug-likeness (QED) is 0.0621. The highest BCUT2D eigenvalue weighted by Gasteiger charge is 2.24. The van der Waals surface area contributed by atoms with Crippen LogP contribution in [0.2, 0.25) is 0 Å². The summed E-state index contributed by atoms with van der Waals surface area (Å²) in [7, 11) is -13.7. The van der Waals surface area contributed by atoms with Crippen LogP contribution in [0.25, 0.3) is 10.8 Å². The zero-order chi connectivity index (χ0) is 27.4. The minimum absolute atomic E-state index is 0.0821. The molecule has 0 spiro atoms. The van der Waals surface area contributed by atoms with E-state index in [0.29, 0.717) is 6.07 Å². The first-order chi connectivity index (χ1) is 17.2. The molecule has 0 amide bonds. The van der Waals surface area contributed by atoms with Crippen LogP contribution in [-0.4, -0.2) is 57.1 Å². The van der Waals surface area contributed by atoms with Crippen molar-refractivity contribution in [2.75, 3.05) is 12.4 Å². The smallest absolute Gasteiger partial charge is 0.295 e. The number of rotatable bonds is 11. The molecule has 4 N–H and O–H groups in total. The van der Waals surface area contributed by atoms with E-state index < -0.39 is 57.1 Å². The van der Waals surface area contributed by atoms with E-state index in [4.69, 9.17) is 9.44 Å². The van der Waals surface area contributed by atoms with E-state index in [-0.39, 0.29) is 40.3 Å². The molecule has 0 aliphatic rings. The van der Waals surface area contributed by atoms with Gasteiger partial charge in [0.15, 0.2) is 22.2 Å². The maximum Gasteiger partial charge on any atom is 0.295 e. The maximum absolute atomic E-state index is 12.3. The Morgan fingerprint density at radius 1 is 0.838 bits per heavy atom. The summed E-state index contributed by atoms with van der Waals surface area (Å²) in [5.74, 6) is -1.02. The van der Waals surface area contributed by atoms with Gasteiger partial charge in [0.05, 0.1) is 27.8 Å². The van der Waals surface area contributed by atoms with Crippen molar-refractivity contribution in [3.63, 3.8) is 0 Å². The lowest BCUT2D eigenvalue weighted by atomic mass is 10.1. The fraction of sp³-hybridized carbons (Fsp3) is 0.111. The van der Waals surface area contributed by atoms with Gasteiger partial charge in [-0.3, -0.25) is 13.3 Å². The summed E-state index contributed by atoms with van der Waals surface area (Å²) >= 11 is 0.222. The lowest BCUT2D eigenvalue weighted by Gasteiger charge is -2.10. The molecule has 37 heavy (non-hydrogen) atoms. The van der Waals surface area contributed by atoms with Crippen molar-refractivity contribution >= 4 is 64.5 Å². The van der Waals surface area contributed by atoms with Crippen LogP contribution in [0.5, 0.6) is 5.75 Å². The van der Waals surface area contributed by atoms with Crippen LogP contribution in [-0.2, 0) is 43.6 Å². The highest BCUT2D eigenvalue weighted by molar-refractivity contribution is 7.91. The van der Waals surface area contributed by atoms with Gasteiger partial charge < -0.3 is 5.11 Å². The summed E-state index contributed by atoms with van der Waals surface area (Å²) in [5, 5.41) is 28.7. The van der Waals surface area contributed by atoms with E-state index >= 15 is 0 Å². The molecule has 0 aliphatic carbocycles. The van der Waals surface area contributed by atoms with Gasteiger partial charge in [-0.1, -0.05) is 11.1 Å². The second-order valence-electron chi connectivity index (χ2n) is 6.95. The molecule has 0 fully saturated rings. The Hall–Kier alpha value is -2.72. The molecule has 0 atom stereocenters. The van der Waals surface area contributed by atoms with Crippen molar-refractivity contribution in [2.45, 2.75) is 14.7 Å². The number of nitrogens with zero attached hydrogens (tertiary/aromatic N) is 2. The summed E-state index contributed by atoms with van der Waals surface area (Å²) in [4.78, 5) is -1.88. The summed E-state index contributed by atoms with van der Waals surface area (Å²) in [6.45, 7) is -0.298. The van der Waals surface area contributed by atoms with Crippen molar-refractivity contribution in [3.8, 4) is 5.75 Å². The summed E-state index contributed by atoms with van der Waals surface area (Å²) < 4.78 is 99.3. The van der Waals surface area contributed by atoms with Crippen molar-refractivity contribution < 1.29 is 58.3 Å². The minimum atomic E-state index is -5.06. The highest BCUT2D eigenvalue weighted by Crippen LogP contribution is 2.41. The van der Waals surface area contributed by atoms with Gasteiger partial charge in [-0.2, -0.15) is 21.9 Å². The van der Waals surface area contributed by atoms with Crippen LogP contribution >= 0.6 is 12.3 Å². The van der Waals surface area contributed by atoms with Gasteiger partial charge in [0.1, 0.15) is 16.3 Å². The molecule has 200 valence electrons. The fourth-order valence-corrected chi connectivity index (χ4v) is 5.76. The number of phenolic OH excluding ortho intramolecular Hbond substituents is 1. The van der Waals surface area contributed by atoms with Gasteiger partial charge in [0.25, 0.3) is 20.2 Å². The SMILES string of the molecule is O=S(=O)(O)c1cc(S(=O)(=O)O)c2c(N=Nc3ccc(S(=O)(=O)CCOSOOO)cc3)c(O)ccc2c1. The molecule has 0 heterocycles. The minimum Gasteiger partial charge on any atom is -0.506 e. The molecule has 0 saturated carbocycles. The van der Waals surface area contributed by atoms with Gasteiger partial charge in [0.2, 0.25) is 0 Å². The molecule has 0 aliphatic heterocycles. The van der Waals surface area contributed by atoms with Crippen LogP contribution in [0, 0.1) is 0 Å². The zero-order valence-corrected chi connectivity index (χ0v) is 21.3. The second kappa shape index (κ2) is 11.3. The van der Waals surface area contributed by atoms with E-state index in [9.17, 15) is 39.5 Å². The Balaban J connectivity index is 1.97. The van der Waals surface area contributed by atoms with Crippen LogP contribution < -0.4 is 0 Å². The number of phenols is 1. The van der Waals surface area contributed by atoms with Gasteiger partial charge in [-0.05, 0) is 47.9 Å². The van der Waals surface area contributed by atoms with E-state index in [0.717, 1.165) is 18.2 Å². The predicted octanol–water partition coefficient (Wildman–Crippen LogP) is 3.23. The van der Waals surface area contributed by atoms with Crippen LogP contribution in [0.1, 0.15) is 0 Å². The van der Waals surface area contributed by atoms with Crippen molar-refractivity contribution in [2.24, 2.45) is 10.2 Å². The molecule has 19 heteroatoms. The Morgan fingerprint density at radius 3 is 2.11 bits per heavy atom. The molecular formula is C18H16N2O13S4. The molecule has 0 unspecified atom stereocenters. The molecule has 15 nitrogen and oxygen atoms in total. The molecule has 0 aromatic heterocycles. The molecule has 3 aromatic carbocycles. The number of sulfone groups is 1. The first-order valence-electron chi connectivity index (χ1n) is 9.50. The Morgan fingerprint density at radius 2 is 1.51 bits per heavy atom. The largest absolute Gasteiger partial charge is 0.506 e. The molecule has 3 aromatic rings. The second-order valence-corrected chi connectivity index (χ2v) is 12.4. The lowest BCUT2D eigenvalue weighted by Crippen LogP contribution is -2.10. The van der Waals surface area contributed by atoms with Gasteiger partial charge in [-0.15, -0.1) is 9.45 Å².